The zero-order chi connectivity index (χ0) is 21.2. The van der Waals surface area contributed by atoms with E-state index in [0.717, 1.165) is 12.1 Å². The number of hydrogen-bond donors (Lipinski definition) is 3. The number of aromatic nitrogens is 1. The summed E-state index contributed by atoms with van der Waals surface area (Å²) in [7, 11) is 0. The number of carbonyl (C=O) groups is 2. The Morgan fingerprint density at radius 2 is 1.97 bits per heavy atom. The Morgan fingerprint density at radius 3 is 2.77 bits per heavy atom. The maximum atomic E-state index is 12.4. The molecule has 0 spiro atoms. The molecule has 0 radical (unpaired) electrons. The lowest BCUT2D eigenvalue weighted by atomic mass is 9.88. The Hall–Kier alpha value is -2.93. The van der Waals surface area contributed by atoms with Crippen molar-refractivity contribution in [2.75, 3.05) is 18.5 Å². The SMILES string of the molecule is C[C@H]1CCCC[C@@H]1OCCNC(=O)Nc1cccc(C(=O)NCc2ccccn2)c1. The van der Waals surface area contributed by atoms with E-state index >= 15 is 0 Å². The molecule has 0 saturated heterocycles. The zero-order valence-electron chi connectivity index (χ0n) is 17.4. The second-order valence-corrected chi connectivity index (χ2v) is 7.64. The quantitative estimate of drug-likeness (QED) is 0.578. The van der Waals surface area contributed by atoms with Crippen LogP contribution in [0.1, 0.15) is 48.7 Å². The van der Waals surface area contributed by atoms with E-state index in [0.29, 0.717) is 43.0 Å². The van der Waals surface area contributed by atoms with Gasteiger partial charge >= 0.3 is 6.03 Å². The molecular weight excluding hydrogens is 380 g/mol. The number of ether oxygens (including phenoxy) is 1. The highest BCUT2D eigenvalue weighted by atomic mass is 16.5. The summed E-state index contributed by atoms with van der Waals surface area (Å²) < 4.78 is 5.91. The number of urea groups is 1. The largest absolute Gasteiger partial charge is 0.376 e. The lowest BCUT2D eigenvalue weighted by Gasteiger charge is -2.28. The number of nitrogens with zero attached hydrogens (tertiary/aromatic N) is 1. The van der Waals surface area contributed by atoms with Crippen LogP contribution < -0.4 is 16.0 Å². The molecule has 7 heteroatoms. The molecule has 0 bridgehead atoms. The summed E-state index contributed by atoms with van der Waals surface area (Å²) >= 11 is 0. The number of anilines is 1. The van der Waals surface area contributed by atoms with E-state index in [4.69, 9.17) is 4.74 Å². The highest BCUT2D eigenvalue weighted by Gasteiger charge is 2.21. The summed E-state index contributed by atoms with van der Waals surface area (Å²) in [6.45, 7) is 3.51. The van der Waals surface area contributed by atoms with Gasteiger partial charge < -0.3 is 20.7 Å². The Bertz CT molecular complexity index is 828. The van der Waals surface area contributed by atoms with Crippen LogP contribution in [0.2, 0.25) is 0 Å². The molecule has 1 saturated carbocycles. The van der Waals surface area contributed by atoms with Crippen LogP contribution in [-0.4, -0.2) is 36.2 Å². The molecule has 2 atom stereocenters. The molecule has 0 aliphatic heterocycles. The number of rotatable bonds is 8. The van der Waals surface area contributed by atoms with Crippen LogP contribution in [0.3, 0.4) is 0 Å². The number of carbonyl (C=O) groups excluding carboxylic acids is 2. The molecule has 1 aromatic heterocycles. The van der Waals surface area contributed by atoms with Gasteiger partial charge in [0, 0.05) is 24.0 Å². The molecule has 30 heavy (non-hydrogen) atoms. The minimum absolute atomic E-state index is 0.222. The first-order valence-corrected chi connectivity index (χ1v) is 10.6. The van der Waals surface area contributed by atoms with Crippen molar-refractivity contribution in [3.63, 3.8) is 0 Å². The third-order valence-corrected chi connectivity index (χ3v) is 5.29. The fourth-order valence-corrected chi connectivity index (χ4v) is 3.59. The summed E-state index contributed by atoms with van der Waals surface area (Å²) in [5.74, 6) is 0.360. The minimum atomic E-state index is -0.318. The van der Waals surface area contributed by atoms with Gasteiger partial charge in [-0.1, -0.05) is 31.9 Å². The fraction of sp³-hybridized carbons (Fsp3) is 0.435. The zero-order valence-corrected chi connectivity index (χ0v) is 17.4. The normalized spacial score (nSPS) is 18.4. The molecule has 1 aliphatic carbocycles. The van der Waals surface area contributed by atoms with Gasteiger partial charge in [0.05, 0.1) is 24.9 Å². The van der Waals surface area contributed by atoms with Crippen LogP contribution in [0.25, 0.3) is 0 Å². The molecule has 1 aromatic carbocycles. The Balaban J connectivity index is 1.40. The van der Waals surface area contributed by atoms with Crippen LogP contribution in [0.15, 0.2) is 48.7 Å². The Morgan fingerprint density at radius 1 is 1.10 bits per heavy atom. The molecule has 0 unspecified atom stereocenters. The van der Waals surface area contributed by atoms with Gasteiger partial charge in [-0.2, -0.15) is 0 Å². The third kappa shape index (κ3) is 6.84. The molecule has 3 amide bonds. The highest BCUT2D eigenvalue weighted by molar-refractivity contribution is 5.96. The topological polar surface area (TPSA) is 92.4 Å². The van der Waals surface area contributed by atoms with E-state index < -0.39 is 0 Å². The monoisotopic (exact) mass is 410 g/mol. The predicted molar refractivity (Wildman–Crippen MR) is 116 cm³/mol. The third-order valence-electron chi connectivity index (χ3n) is 5.29. The van der Waals surface area contributed by atoms with Crippen molar-refractivity contribution in [1.29, 1.82) is 0 Å². The lowest BCUT2D eigenvalue weighted by molar-refractivity contribution is -0.00232. The first-order valence-electron chi connectivity index (χ1n) is 10.6. The molecule has 3 rings (SSSR count). The van der Waals surface area contributed by atoms with Crippen molar-refractivity contribution in [3.8, 4) is 0 Å². The van der Waals surface area contributed by atoms with Gasteiger partial charge in [-0.3, -0.25) is 9.78 Å². The fourth-order valence-electron chi connectivity index (χ4n) is 3.59. The van der Waals surface area contributed by atoms with Gasteiger partial charge in [-0.05, 0) is 49.1 Å². The summed E-state index contributed by atoms with van der Waals surface area (Å²) in [6.07, 6.45) is 6.79. The lowest BCUT2D eigenvalue weighted by Crippen LogP contribution is -2.34. The number of pyridine rings is 1. The number of hydrogen-bond acceptors (Lipinski definition) is 4. The Labute approximate surface area is 177 Å². The first kappa shape index (κ1) is 21.8. The second-order valence-electron chi connectivity index (χ2n) is 7.64. The van der Waals surface area contributed by atoms with Crippen LogP contribution in [0.4, 0.5) is 10.5 Å². The number of benzene rings is 1. The van der Waals surface area contributed by atoms with Gasteiger partial charge in [-0.15, -0.1) is 0 Å². The Kier molecular flexibility index (Phi) is 8.20. The van der Waals surface area contributed by atoms with Gasteiger partial charge in [0.2, 0.25) is 0 Å². The summed E-state index contributed by atoms with van der Waals surface area (Å²) in [5.41, 5.74) is 1.81. The van der Waals surface area contributed by atoms with Crippen molar-refractivity contribution in [2.24, 2.45) is 5.92 Å². The molecule has 1 fully saturated rings. The summed E-state index contributed by atoms with van der Waals surface area (Å²) in [5, 5.41) is 8.38. The van der Waals surface area contributed by atoms with Crippen LogP contribution in [0, 0.1) is 5.92 Å². The smallest absolute Gasteiger partial charge is 0.319 e. The van der Waals surface area contributed by atoms with Crippen LogP contribution >= 0.6 is 0 Å². The number of amides is 3. The van der Waals surface area contributed by atoms with Crippen molar-refractivity contribution >= 4 is 17.6 Å². The van der Waals surface area contributed by atoms with Gasteiger partial charge in [0.15, 0.2) is 0 Å². The maximum Gasteiger partial charge on any atom is 0.319 e. The van der Waals surface area contributed by atoms with Crippen LogP contribution in [0.5, 0.6) is 0 Å². The highest BCUT2D eigenvalue weighted by Crippen LogP contribution is 2.25. The second kappa shape index (κ2) is 11.3. The van der Waals surface area contributed by atoms with Crippen molar-refractivity contribution in [2.45, 2.75) is 45.3 Å². The van der Waals surface area contributed by atoms with E-state index in [-0.39, 0.29) is 11.9 Å². The molecular formula is C23H30N4O3. The average molecular weight is 411 g/mol. The molecule has 2 aromatic rings. The predicted octanol–water partition coefficient (Wildman–Crippen LogP) is 3.73. The van der Waals surface area contributed by atoms with E-state index in [9.17, 15) is 9.59 Å². The molecule has 3 N–H and O–H groups in total. The molecule has 7 nitrogen and oxygen atoms in total. The van der Waals surface area contributed by atoms with Crippen molar-refractivity contribution in [3.05, 3.63) is 59.9 Å². The van der Waals surface area contributed by atoms with Gasteiger partial charge in [0.25, 0.3) is 5.91 Å². The van der Waals surface area contributed by atoms with Crippen molar-refractivity contribution in [1.82, 2.24) is 15.6 Å². The summed E-state index contributed by atoms with van der Waals surface area (Å²) in [4.78, 5) is 28.7. The van der Waals surface area contributed by atoms with Gasteiger partial charge in [0.1, 0.15) is 0 Å². The van der Waals surface area contributed by atoms with E-state index in [2.05, 4.69) is 27.9 Å². The molecule has 1 heterocycles. The number of nitrogens with one attached hydrogen (secondary N) is 3. The first-order chi connectivity index (χ1) is 14.6. The minimum Gasteiger partial charge on any atom is -0.376 e. The molecule has 160 valence electrons. The van der Waals surface area contributed by atoms with Crippen molar-refractivity contribution < 1.29 is 14.3 Å². The van der Waals surface area contributed by atoms with E-state index in [1.807, 2.05) is 18.2 Å². The average Bonchev–Trinajstić information content (AvgIpc) is 2.77. The van der Waals surface area contributed by atoms with Crippen LogP contribution in [-0.2, 0) is 11.3 Å². The van der Waals surface area contributed by atoms with Gasteiger partial charge in [-0.25, -0.2) is 4.79 Å². The summed E-state index contributed by atoms with van der Waals surface area (Å²) in [6, 6.07) is 12.1. The maximum absolute atomic E-state index is 12.4. The molecule has 1 aliphatic rings. The van der Waals surface area contributed by atoms with E-state index in [1.54, 1.807) is 30.5 Å². The standard InChI is InChI=1S/C23H30N4O3/c1-17-7-2-3-11-21(17)30-14-13-25-23(29)27-19-10-6-8-18(15-19)22(28)26-16-20-9-4-5-12-24-20/h4-6,8-10,12,15,17,21H,2-3,7,11,13-14,16H2,1H3,(H,26,28)(H2,25,27,29)/t17-,21-/m0/s1. The van der Waals surface area contributed by atoms with E-state index in [1.165, 1.54) is 19.3 Å².